The fraction of sp³-hybridized carbons (Fsp3) is 0.308. The van der Waals surface area contributed by atoms with Gasteiger partial charge in [-0.15, -0.1) is 0 Å². The predicted octanol–water partition coefficient (Wildman–Crippen LogP) is 4.10. The first-order valence-electron chi connectivity index (χ1n) is 11.2. The molecular formula is C26H28Cl2IN4O2-. The van der Waals surface area contributed by atoms with Gasteiger partial charge in [0.25, 0.3) is 0 Å². The van der Waals surface area contributed by atoms with Crippen molar-refractivity contribution in [1.82, 2.24) is 13.1 Å². The van der Waals surface area contributed by atoms with Crippen LogP contribution in [0.15, 0.2) is 42.6 Å². The number of halogens is 3. The van der Waals surface area contributed by atoms with E-state index in [1.807, 2.05) is 45.9 Å². The van der Waals surface area contributed by atoms with Crippen molar-refractivity contribution < 1.29 is 31.0 Å². The number of benzene rings is 2. The molecule has 2 aromatic carbocycles. The van der Waals surface area contributed by atoms with E-state index in [9.17, 15) is 4.79 Å². The summed E-state index contributed by atoms with van der Waals surface area (Å²) in [5.74, 6) is 0. The summed E-state index contributed by atoms with van der Waals surface area (Å²) in [7, 11) is 0. The molecule has 4 aromatic rings. The third kappa shape index (κ3) is 5.95. The standard InChI is InChI=1S/C26H28Cl2IN4O2/c1-15-22(28)13-19(14-31-15)32-18-10-16(8-9-30-25(34)35-26(2,3)4)24-21(12-18)20-11-17(27)6-7-23(20)33(24)29-5/h6-7,10-14,32H,8-9H2,1-5H3,(H,30,34)/q-1. The van der Waals surface area contributed by atoms with Crippen LogP contribution in [0.25, 0.3) is 21.8 Å². The van der Waals surface area contributed by atoms with Crippen molar-refractivity contribution in [2.45, 2.75) is 39.7 Å². The zero-order valence-electron chi connectivity index (χ0n) is 20.3. The molecule has 2 N–H and O–H groups in total. The summed E-state index contributed by atoms with van der Waals surface area (Å²) in [6, 6.07) is 12.2. The molecule has 0 aliphatic rings. The van der Waals surface area contributed by atoms with Gasteiger partial charge in [0.15, 0.2) is 0 Å². The number of carbonyl (C=O) groups is 1. The van der Waals surface area contributed by atoms with E-state index in [1.165, 1.54) is 11.0 Å². The molecule has 35 heavy (non-hydrogen) atoms. The molecule has 9 heteroatoms. The molecule has 0 saturated heterocycles. The Balaban J connectivity index is 1.76. The van der Waals surface area contributed by atoms with Gasteiger partial charge in [0.2, 0.25) is 0 Å². The van der Waals surface area contributed by atoms with Gasteiger partial charge in [-0.1, -0.05) is 0 Å². The molecule has 0 fully saturated rings. The molecule has 0 radical (unpaired) electrons. The first-order chi connectivity index (χ1) is 16.6. The van der Waals surface area contributed by atoms with Crippen molar-refractivity contribution in [2.24, 2.45) is 0 Å². The molecule has 0 atom stereocenters. The summed E-state index contributed by atoms with van der Waals surface area (Å²) >= 11 is 12.4. The van der Waals surface area contributed by atoms with Crippen LogP contribution in [0.4, 0.5) is 16.2 Å². The van der Waals surface area contributed by atoms with E-state index in [2.05, 4.69) is 41.5 Å². The van der Waals surface area contributed by atoms with Crippen molar-refractivity contribution in [3.8, 4) is 0 Å². The summed E-state index contributed by atoms with van der Waals surface area (Å²) in [4.78, 5) is 18.8. The van der Waals surface area contributed by atoms with Crippen LogP contribution in [0.5, 0.6) is 0 Å². The first-order valence-corrected chi connectivity index (χ1v) is 15.1. The third-order valence-electron chi connectivity index (χ3n) is 5.39. The maximum absolute atomic E-state index is 12.2. The topological polar surface area (TPSA) is 68.2 Å². The Bertz CT molecular complexity index is 1410. The van der Waals surface area contributed by atoms with Crippen LogP contribution >= 0.6 is 23.2 Å². The van der Waals surface area contributed by atoms with Crippen molar-refractivity contribution in [3.63, 3.8) is 0 Å². The average molecular weight is 626 g/mol. The second-order valence-electron chi connectivity index (χ2n) is 9.24. The van der Waals surface area contributed by atoms with E-state index in [0.29, 0.717) is 23.0 Å². The number of alkyl carbamates (subject to hydrolysis) is 1. The fourth-order valence-electron chi connectivity index (χ4n) is 3.94. The normalized spacial score (nSPS) is 11.9. The minimum absolute atomic E-state index is 0.285. The molecule has 0 bridgehead atoms. The van der Waals surface area contributed by atoms with Crippen LogP contribution in [0.3, 0.4) is 0 Å². The zero-order chi connectivity index (χ0) is 25.3. The van der Waals surface area contributed by atoms with Crippen LogP contribution in [0, 0.1) is 6.92 Å². The van der Waals surface area contributed by atoms with Gasteiger partial charge in [0, 0.05) is 0 Å². The molecule has 1 amide bonds. The Hall–Kier alpha value is -2.23. The van der Waals surface area contributed by atoms with Crippen LogP contribution in [0.2, 0.25) is 10.0 Å². The van der Waals surface area contributed by atoms with E-state index in [4.69, 9.17) is 27.9 Å². The summed E-state index contributed by atoms with van der Waals surface area (Å²) in [6.45, 7) is 7.89. The van der Waals surface area contributed by atoms with Gasteiger partial charge in [0.05, 0.1) is 0 Å². The van der Waals surface area contributed by atoms with E-state index in [-0.39, 0.29) is 21.5 Å². The van der Waals surface area contributed by atoms with Gasteiger partial charge in [-0.2, -0.15) is 0 Å². The number of alkyl halides is 1. The summed E-state index contributed by atoms with van der Waals surface area (Å²) < 4.78 is 7.80. The van der Waals surface area contributed by atoms with Crippen LogP contribution in [-0.2, 0) is 11.2 Å². The zero-order valence-corrected chi connectivity index (χ0v) is 24.0. The Labute approximate surface area is 225 Å². The number of hydrogen-bond donors (Lipinski definition) is 2. The SMILES string of the molecule is C[I-]n1c2ccc(Cl)cc2c2cc(Nc3cnc(C)c(Cl)c3)cc(CCNC(=O)OC(C)(C)C)c21. The number of rotatable bonds is 6. The Morgan fingerprint density at radius 2 is 1.89 bits per heavy atom. The van der Waals surface area contributed by atoms with Crippen LogP contribution in [-0.4, -0.2) is 30.9 Å². The molecule has 186 valence electrons. The molecule has 0 spiro atoms. The number of fused-ring (bicyclic) bond motifs is 3. The third-order valence-corrected chi connectivity index (χ3v) is 7.98. The quantitative estimate of drug-likeness (QED) is 0.250. The first kappa shape index (κ1) is 25.9. The monoisotopic (exact) mass is 625 g/mol. The number of pyridine rings is 1. The van der Waals surface area contributed by atoms with Gasteiger partial charge in [0.1, 0.15) is 0 Å². The number of hydrogen-bond acceptors (Lipinski definition) is 4. The Kier molecular flexibility index (Phi) is 7.68. The molecule has 0 aliphatic heterocycles. The Morgan fingerprint density at radius 1 is 1.11 bits per heavy atom. The van der Waals surface area contributed by atoms with Gasteiger partial charge >= 0.3 is 227 Å². The van der Waals surface area contributed by atoms with E-state index in [1.54, 1.807) is 6.20 Å². The van der Waals surface area contributed by atoms with Gasteiger partial charge in [-0.25, -0.2) is 0 Å². The van der Waals surface area contributed by atoms with E-state index >= 15 is 0 Å². The van der Waals surface area contributed by atoms with Crippen LogP contribution in [0.1, 0.15) is 32.0 Å². The molecule has 4 rings (SSSR count). The number of amides is 1. The van der Waals surface area contributed by atoms with Gasteiger partial charge in [-0.3, -0.25) is 0 Å². The second kappa shape index (κ2) is 10.4. The minimum atomic E-state index is -0.539. The molecule has 2 aromatic heterocycles. The van der Waals surface area contributed by atoms with Crippen molar-refractivity contribution in [1.29, 1.82) is 0 Å². The van der Waals surface area contributed by atoms with E-state index < -0.39 is 11.7 Å². The molecule has 0 saturated carbocycles. The summed E-state index contributed by atoms with van der Waals surface area (Å²) in [5, 5.41) is 9.87. The van der Waals surface area contributed by atoms with Crippen molar-refractivity contribution >= 4 is 62.5 Å². The van der Waals surface area contributed by atoms with E-state index in [0.717, 1.165) is 33.4 Å². The molecular weight excluding hydrogens is 598 g/mol. The average Bonchev–Trinajstić information content (AvgIpc) is 3.08. The number of ether oxygens (including phenoxy) is 1. The second-order valence-corrected chi connectivity index (χ2v) is 12.0. The molecule has 6 nitrogen and oxygen atoms in total. The summed E-state index contributed by atoms with van der Waals surface area (Å²) in [6.07, 6.45) is 2.00. The number of carbonyl (C=O) groups excluding carboxylic acids is 1. The summed E-state index contributed by atoms with van der Waals surface area (Å²) in [5.41, 5.74) is 5.44. The molecule has 2 heterocycles. The number of anilines is 2. The maximum atomic E-state index is 12.2. The molecule has 0 unspecified atom stereocenters. The number of nitrogens with zero attached hydrogens (tertiary/aromatic N) is 2. The van der Waals surface area contributed by atoms with Crippen molar-refractivity contribution in [2.75, 3.05) is 16.8 Å². The van der Waals surface area contributed by atoms with Gasteiger partial charge in [-0.05, 0) is 0 Å². The number of nitrogens with one attached hydrogen (secondary N) is 2. The number of aryl methyl sites for hydroxylation is 1. The Morgan fingerprint density at radius 3 is 2.57 bits per heavy atom. The fourth-order valence-corrected chi connectivity index (χ4v) is 6.27. The van der Waals surface area contributed by atoms with Crippen molar-refractivity contribution in [3.05, 3.63) is 63.9 Å². The predicted molar refractivity (Wildman–Crippen MR) is 141 cm³/mol. The molecule has 0 aliphatic carbocycles. The van der Waals surface area contributed by atoms with Gasteiger partial charge < -0.3 is 0 Å². The van der Waals surface area contributed by atoms with Crippen LogP contribution < -0.4 is 32.1 Å². The number of aromatic nitrogens is 2.